The van der Waals surface area contributed by atoms with Crippen LogP contribution in [0.4, 0.5) is 0 Å². The summed E-state index contributed by atoms with van der Waals surface area (Å²) >= 11 is 0. The van der Waals surface area contributed by atoms with Crippen LogP contribution in [0, 0.1) is 0 Å². The molecule has 1 aliphatic heterocycles. The average molecular weight is 267 g/mol. The van der Waals surface area contributed by atoms with E-state index < -0.39 is 0 Å². The van der Waals surface area contributed by atoms with Gasteiger partial charge in [0.25, 0.3) is 0 Å². The number of hydrogen-bond donors (Lipinski definition) is 1. The summed E-state index contributed by atoms with van der Waals surface area (Å²) in [5.74, 6) is 0.131. The highest BCUT2D eigenvalue weighted by atomic mass is 35.5. The minimum absolute atomic E-state index is 0. The Labute approximate surface area is 109 Å². The third-order valence-electron chi connectivity index (χ3n) is 3.11. The molecule has 0 saturated carbocycles. The summed E-state index contributed by atoms with van der Waals surface area (Å²) in [5.41, 5.74) is 5.70. The number of amides is 1. The smallest absolute Gasteiger partial charge is 0.225 e. The predicted molar refractivity (Wildman–Crippen MR) is 68.3 cm³/mol. The summed E-state index contributed by atoms with van der Waals surface area (Å²) in [4.78, 5) is 13.7. The highest BCUT2D eigenvalue weighted by Gasteiger charge is 2.30. The number of ether oxygens (including phenoxy) is 2. The van der Waals surface area contributed by atoms with Crippen molar-refractivity contribution in [2.24, 2.45) is 5.73 Å². The van der Waals surface area contributed by atoms with Crippen LogP contribution >= 0.6 is 12.4 Å². The topological polar surface area (TPSA) is 64.8 Å². The maximum atomic E-state index is 11.9. The largest absolute Gasteiger partial charge is 0.384 e. The van der Waals surface area contributed by atoms with Crippen LogP contribution in [0.3, 0.4) is 0 Å². The van der Waals surface area contributed by atoms with Crippen molar-refractivity contribution in [2.45, 2.75) is 31.4 Å². The standard InChI is InChI=1S/C11H22N2O3.ClH/c1-15-6-4-11(14)13-5-3-10(16-2)7-9(13)8-12;/h9-10H,3-8,12H2,1-2H3;1H. The van der Waals surface area contributed by atoms with Crippen molar-refractivity contribution in [2.75, 3.05) is 33.9 Å². The highest BCUT2D eigenvalue weighted by molar-refractivity contribution is 5.85. The molecule has 2 unspecified atom stereocenters. The first-order valence-electron chi connectivity index (χ1n) is 5.74. The number of methoxy groups -OCH3 is 2. The van der Waals surface area contributed by atoms with Gasteiger partial charge in [-0.05, 0) is 12.8 Å². The monoisotopic (exact) mass is 266 g/mol. The molecule has 0 aliphatic carbocycles. The molecule has 0 aromatic carbocycles. The molecule has 1 aliphatic rings. The molecule has 2 N–H and O–H groups in total. The second-order valence-electron chi connectivity index (χ2n) is 4.10. The number of nitrogens with two attached hydrogens (primary N) is 1. The lowest BCUT2D eigenvalue weighted by Gasteiger charge is -2.38. The maximum Gasteiger partial charge on any atom is 0.225 e. The molecule has 17 heavy (non-hydrogen) atoms. The van der Waals surface area contributed by atoms with Crippen LogP contribution in [0.1, 0.15) is 19.3 Å². The summed E-state index contributed by atoms with van der Waals surface area (Å²) in [6.07, 6.45) is 2.40. The highest BCUT2D eigenvalue weighted by Crippen LogP contribution is 2.19. The Hall–Kier alpha value is -0.360. The van der Waals surface area contributed by atoms with Gasteiger partial charge >= 0.3 is 0 Å². The zero-order valence-electron chi connectivity index (χ0n) is 10.6. The first-order chi connectivity index (χ1) is 7.72. The van der Waals surface area contributed by atoms with Gasteiger partial charge in [-0.25, -0.2) is 0 Å². The maximum absolute atomic E-state index is 11.9. The molecule has 5 nitrogen and oxygen atoms in total. The minimum Gasteiger partial charge on any atom is -0.384 e. The van der Waals surface area contributed by atoms with E-state index in [1.165, 1.54) is 0 Å². The van der Waals surface area contributed by atoms with Crippen molar-refractivity contribution in [3.05, 3.63) is 0 Å². The minimum atomic E-state index is 0. The molecule has 102 valence electrons. The van der Waals surface area contributed by atoms with Crippen LogP contribution < -0.4 is 5.73 Å². The SMILES string of the molecule is COCCC(=O)N1CCC(OC)CC1CN.Cl. The van der Waals surface area contributed by atoms with Crippen LogP contribution in [-0.2, 0) is 14.3 Å². The number of carbonyl (C=O) groups is 1. The molecule has 0 bridgehead atoms. The zero-order chi connectivity index (χ0) is 12.0. The fourth-order valence-corrected chi connectivity index (χ4v) is 2.11. The van der Waals surface area contributed by atoms with Gasteiger partial charge in [0.15, 0.2) is 0 Å². The van der Waals surface area contributed by atoms with Crippen LogP contribution in [0.15, 0.2) is 0 Å². The summed E-state index contributed by atoms with van der Waals surface area (Å²) < 4.78 is 10.2. The Morgan fingerprint density at radius 3 is 2.71 bits per heavy atom. The van der Waals surface area contributed by atoms with Crippen molar-refractivity contribution in [3.63, 3.8) is 0 Å². The van der Waals surface area contributed by atoms with E-state index in [0.29, 0.717) is 19.6 Å². The van der Waals surface area contributed by atoms with Crippen molar-refractivity contribution in [3.8, 4) is 0 Å². The molecule has 0 aromatic rings. The van der Waals surface area contributed by atoms with Gasteiger partial charge in [0.2, 0.25) is 5.91 Å². The van der Waals surface area contributed by atoms with E-state index in [-0.39, 0.29) is 30.5 Å². The molecule has 1 saturated heterocycles. The fraction of sp³-hybridized carbons (Fsp3) is 0.909. The van der Waals surface area contributed by atoms with E-state index in [1.807, 2.05) is 4.90 Å². The Balaban J connectivity index is 0.00000256. The van der Waals surface area contributed by atoms with Gasteiger partial charge in [0.1, 0.15) is 0 Å². The van der Waals surface area contributed by atoms with E-state index in [2.05, 4.69) is 0 Å². The zero-order valence-corrected chi connectivity index (χ0v) is 11.4. The fourth-order valence-electron chi connectivity index (χ4n) is 2.11. The lowest BCUT2D eigenvalue weighted by molar-refractivity contribution is -0.137. The van der Waals surface area contributed by atoms with Gasteiger partial charge in [-0.15, -0.1) is 12.4 Å². The number of halogens is 1. The number of carbonyl (C=O) groups excluding carboxylic acids is 1. The van der Waals surface area contributed by atoms with Gasteiger partial charge in [-0.3, -0.25) is 4.79 Å². The van der Waals surface area contributed by atoms with Crippen LogP contribution in [0.25, 0.3) is 0 Å². The quantitative estimate of drug-likeness (QED) is 0.783. The first-order valence-corrected chi connectivity index (χ1v) is 5.74. The van der Waals surface area contributed by atoms with Crippen LogP contribution in [0.2, 0.25) is 0 Å². The van der Waals surface area contributed by atoms with Gasteiger partial charge in [0.05, 0.1) is 19.1 Å². The molecule has 1 amide bonds. The van der Waals surface area contributed by atoms with E-state index in [0.717, 1.165) is 19.4 Å². The predicted octanol–water partition coefficient (Wildman–Crippen LogP) is 0.409. The Morgan fingerprint density at radius 2 is 2.18 bits per heavy atom. The van der Waals surface area contributed by atoms with Crippen molar-refractivity contribution < 1.29 is 14.3 Å². The molecule has 6 heteroatoms. The number of piperidine rings is 1. The number of rotatable bonds is 5. The van der Waals surface area contributed by atoms with Gasteiger partial charge in [0, 0.05) is 33.4 Å². The number of nitrogens with zero attached hydrogens (tertiary/aromatic N) is 1. The van der Waals surface area contributed by atoms with Gasteiger partial charge in [-0.1, -0.05) is 0 Å². The summed E-state index contributed by atoms with van der Waals surface area (Å²) in [5, 5.41) is 0. The van der Waals surface area contributed by atoms with E-state index in [1.54, 1.807) is 14.2 Å². The molecular formula is C11H23ClN2O3. The Kier molecular flexibility index (Phi) is 8.51. The second-order valence-corrected chi connectivity index (χ2v) is 4.10. The molecule has 1 heterocycles. The third-order valence-corrected chi connectivity index (χ3v) is 3.11. The molecule has 0 radical (unpaired) electrons. The third kappa shape index (κ3) is 4.79. The summed E-state index contributed by atoms with van der Waals surface area (Å²) in [7, 11) is 3.31. The molecule has 1 rings (SSSR count). The molecule has 1 fully saturated rings. The van der Waals surface area contributed by atoms with E-state index >= 15 is 0 Å². The molecule has 0 spiro atoms. The first kappa shape index (κ1) is 16.6. The second kappa shape index (κ2) is 8.69. The van der Waals surface area contributed by atoms with Crippen molar-refractivity contribution >= 4 is 18.3 Å². The average Bonchev–Trinajstić information content (AvgIpc) is 2.34. The van der Waals surface area contributed by atoms with Crippen LogP contribution in [0.5, 0.6) is 0 Å². The van der Waals surface area contributed by atoms with E-state index in [9.17, 15) is 4.79 Å². The van der Waals surface area contributed by atoms with E-state index in [4.69, 9.17) is 15.2 Å². The lowest BCUT2D eigenvalue weighted by Crippen LogP contribution is -2.51. The Bertz CT molecular complexity index is 229. The van der Waals surface area contributed by atoms with Gasteiger partial charge < -0.3 is 20.1 Å². The molecule has 2 atom stereocenters. The van der Waals surface area contributed by atoms with Crippen LogP contribution in [-0.4, -0.2) is 56.9 Å². The molecule has 0 aromatic heterocycles. The molecular weight excluding hydrogens is 244 g/mol. The lowest BCUT2D eigenvalue weighted by atomic mass is 9.99. The summed E-state index contributed by atoms with van der Waals surface area (Å²) in [6, 6.07) is 0.114. The van der Waals surface area contributed by atoms with Crippen molar-refractivity contribution in [1.82, 2.24) is 4.90 Å². The van der Waals surface area contributed by atoms with Crippen molar-refractivity contribution in [1.29, 1.82) is 0 Å². The van der Waals surface area contributed by atoms with Gasteiger partial charge in [-0.2, -0.15) is 0 Å². The number of hydrogen-bond acceptors (Lipinski definition) is 4. The summed E-state index contributed by atoms with van der Waals surface area (Å²) in [6.45, 7) is 1.71. The number of likely N-dealkylation sites (tertiary alicyclic amines) is 1. The Morgan fingerprint density at radius 1 is 1.47 bits per heavy atom. The normalized spacial score (nSPS) is 24.3.